The van der Waals surface area contributed by atoms with E-state index >= 15 is 0 Å². The van der Waals surface area contributed by atoms with Crippen LogP contribution in [0, 0.1) is 5.92 Å². The van der Waals surface area contributed by atoms with Gasteiger partial charge >= 0.3 is 0 Å². The summed E-state index contributed by atoms with van der Waals surface area (Å²) in [6.07, 6.45) is 7.51. The van der Waals surface area contributed by atoms with Crippen LogP contribution in [0.25, 0.3) is 0 Å². The van der Waals surface area contributed by atoms with E-state index in [2.05, 4.69) is 12.2 Å². The third-order valence-corrected chi connectivity index (χ3v) is 3.75. The first-order valence-electron chi connectivity index (χ1n) is 5.78. The zero-order valence-electron chi connectivity index (χ0n) is 9.27. The molecule has 1 aliphatic rings. The van der Waals surface area contributed by atoms with Crippen molar-refractivity contribution in [1.82, 2.24) is 0 Å². The third-order valence-electron chi connectivity index (χ3n) is 3.35. The van der Waals surface area contributed by atoms with Crippen molar-refractivity contribution in [2.45, 2.75) is 24.9 Å². The lowest BCUT2D eigenvalue weighted by Gasteiger charge is -2.35. The highest BCUT2D eigenvalue weighted by Gasteiger charge is 2.36. The topological polar surface area (TPSA) is 20.2 Å². The van der Waals surface area contributed by atoms with Gasteiger partial charge in [0.1, 0.15) is 5.60 Å². The molecular weight excluding hydrogens is 220 g/mol. The summed E-state index contributed by atoms with van der Waals surface area (Å²) in [5.41, 5.74) is 0.00117. The van der Waals surface area contributed by atoms with Gasteiger partial charge in [-0.2, -0.15) is 0 Å². The van der Waals surface area contributed by atoms with Crippen LogP contribution in [0.2, 0.25) is 0 Å². The molecule has 0 aromatic heterocycles. The summed E-state index contributed by atoms with van der Waals surface area (Å²) in [4.78, 5) is 0. The molecule has 2 heteroatoms. The largest absolute Gasteiger partial charge is 0.383 e. The van der Waals surface area contributed by atoms with Crippen LogP contribution >= 0.6 is 11.6 Å². The molecule has 2 atom stereocenters. The van der Waals surface area contributed by atoms with E-state index in [1.807, 2.05) is 30.3 Å². The Bertz CT molecular complexity index is 360. The fourth-order valence-electron chi connectivity index (χ4n) is 2.33. The summed E-state index contributed by atoms with van der Waals surface area (Å²) in [6.45, 7) is 0. The molecule has 1 N–H and O–H groups in total. The van der Waals surface area contributed by atoms with Crippen molar-refractivity contribution in [3.05, 3.63) is 48.0 Å². The number of allylic oxidation sites excluding steroid dienone is 1. The smallest absolute Gasteiger partial charge is 0.109 e. The van der Waals surface area contributed by atoms with Gasteiger partial charge in [0.05, 0.1) is 5.88 Å². The van der Waals surface area contributed by atoms with Gasteiger partial charge in [-0.15, -0.1) is 11.6 Å². The number of hydrogen-bond donors (Lipinski definition) is 1. The van der Waals surface area contributed by atoms with Crippen LogP contribution in [0.4, 0.5) is 0 Å². The summed E-state index contributed by atoms with van der Waals surface area (Å²) in [5.74, 6) is 0.382. The number of rotatable bonds is 3. The predicted octanol–water partition coefficient (Wildman–Crippen LogP) is 3.47. The Morgan fingerprint density at radius 1 is 1.31 bits per heavy atom. The number of aliphatic hydroxyl groups is 1. The van der Waals surface area contributed by atoms with Crippen molar-refractivity contribution in [3.8, 4) is 0 Å². The van der Waals surface area contributed by atoms with E-state index in [1.165, 1.54) is 0 Å². The molecule has 0 amide bonds. The molecule has 16 heavy (non-hydrogen) atoms. The lowest BCUT2D eigenvalue weighted by molar-refractivity contribution is 0.0116. The van der Waals surface area contributed by atoms with E-state index in [0.29, 0.717) is 0 Å². The summed E-state index contributed by atoms with van der Waals surface area (Å²) >= 11 is 5.99. The Morgan fingerprint density at radius 3 is 2.62 bits per heavy atom. The second-order valence-corrected chi connectivity index (χ2v) is 4.66. The molecule has 1 aromatic carbocycles. The van der Waals surface area contributed by atoms with Crippen molar-refractivity contribution in [2.75, 3.05) is 5.88 Å². The first-order chi connectivity index (χ1) is 7.77. The molecule has 0 fully saturated rings. The average Bonchev–Trinajstić information content (AvgIpc) is 2.40. The number of benzene rings is 1. The maximum atomic E-state index is 10.7. The lowest BCUT2D eigenvalue weighted by Crippen LogP contribution is -2.36. The molecule has 0 spiro atoms. The van der Waals surface area contributed by atoms with Crippen LogP contribution in [-0.2, 0) is 5.60 Å². The minimum atomic E-state index is -0.917. The minimum absolute atomic E-state index is 0.140. The fourth-order valence-corrected chi connectivity index (χ4v) is 2.68. The molecule has 1 nitrogen and oxygen atoms in total. The van der Waals surface area contributed by atoms with Crippen LogP contribution in [0.15, 0.2) is 42.5 Å². The average molecular weight is 237 g/mol. The number of halogens is 1. The van der Waals surface area contributed by atoms with Gasteiger partial charge in [-0.05, 0) is 24.8 Å². The van der Waals surface area contributed by atoms with Gasteiger partial charge in [-0.3, -0.25) is 0 Å². The van der Waals surface area contributed by atoms with Gasteiger partial charge in [0.2, 0.25) is 0 Å². The number of hydrogen-bond acceptors (Lipinski definition) is 1. The van der Waals surface area contributed by atoms with Crippen LogP contribution in [0.3, 0.4) is 0 Å². The van der Waals surface area contributed by atoms with E-state index in [0.717, 1.165) is 24.8 Å². The van der Waals surface area contributed by atoms with Gasteiger partial charge in [-0.1, -0.05) is 42.5 Å². The van der Waals surface area contributed by atoms with E-state index in [4.69, 9.17) is 11.6 Å². The van der Waals surface area contributed by atoms with Crippen LogP contribution < -0.4 is 0 Å². The standard InChI is InChI=1S/C14H17ClO/c15-11-14(16,12-7-3-1-4-8-12)13-9-5-2-6-10-13/h1,3-5,7-9,13,16H,2,6,10-11H2/t13-,14+/m0/s1. The summed E-state index contributed by atoms with van der Waals surface area (Å²) in [5, 5.41) is 10.7. The minimum Gasteiger partial charge on any atom is -0.383 e. The van der Waals surface area contributed by atoms with E-state index in [1.54, 1.807) is 0 Å². The summed E-state index contributed by atoms with van der Waals surface area (Å²) in [7, 11) is 0. The van der Waals surface area contributed by atoms with Gasteiger partial charge in [-0.25, -0.2) is 0 Å². The molecule has 0 bridgehead atoms. The molecule has 2 rings (SSSR count). The van der Waals surface area contributed by atoms with E-state index < -0.39 is 5.60 Å². The first-order valence-corrected chi connectivity index (χ1v) is 6.31. The Labute approximate surface area is 102 Å². The highest BCUT2D eigenvalue weighted by molar-refractivity contribution is 6.18. The van der Waals surface area contributed by atoms with Gasteiger partial charge < -0.3 is 5.11 Å². The predicted molar refractivity (Wildman–Crippen MR) is 67.5 cm³/mol. The van der Waals surface area contributed by atoms with Crippen LogP contribution in [0.1, 0.15) is 24.8 Å². The molecule has 0 saturated heterocycles. The molecular formula is C14H17ClO. The highest BCUT2D eigenvalue weighted by Crippen LogP contribution is 2.37. The zero-order valence-corrected chi connectivity index (χ0v) is 10.0. The van der Waals surface area contributed by atoms with Crippen molar-refractivity contribution in [1.29, 1.82) is 0 Å². The van der Waals surface area contributed by atoms with Crippen molar-refractivity contribution in [3.63, 3.8) is 0 Å². The maximum absolute atomic E-state index is 10.7. The van der Waals surface area contributed by atoms with Gasteiger partial charge in [0.25, 0.3) is 0 Å². The quantitative estimate of drug-likeness (QED) is 0.630. The Kier molecular flexibility index (Phi) is 3.67. The maximum Gasteiger partial charge on any atom is 0.109 e. The Balaban J connectivity index is 2.31. The van der Waals surface area contributed by atoms with E-state index in [-0.39, 0.29) is 11.8 Å². The second-order valence-electron chi connectivity index (χ2n) is 4.39. The fraction of sp³-hybridized carbons (Fsp3) is 0.429. The lowest BCUT2D eigenvalue weighted by atomic mass is 9.77. The monoisotopic (exact) mass is 236 g/mol. The molecule has 1 aliphatic carbocycles. The Morgan fingerprint density at radius 2 is 2.06 bits per heavy atom. The van der Waals surface area contributed by atoms with Crippen molar-refractivity contribution in [2.24, 2.45) is 5.92 Å². The third kappa shape index (κ3) is 2.16. The second kappa shape index (κ2) is 5.03. The van der Waals surface area contributed by atoms with Crippen molar-refractivity contribution < 1.29 is 5.11 Å². The molecule has 1 aromatic rings. The molecule has 0 aliphatic heterocycles. The Hall–Kier alpha value is -0.790. The number of alkyl halides is 1. The van der Waals surface area contributed by atoms with Gasteiger partial charge in [0, 0.05) is 5.92 Å². The molecule has 0 radical (unpaired) electrons. The molecule has 0 saturated carbocycles. The summed E-state index contributed by atoms with van der Waals surface area (Å²) < 4.78 is 0. The molecule has 0 heterocycles. The van der Waals surface area contributed by atoms with Gasteiger partial charge in [0.15, 0.2) is 0 Å². The zero-order chi connectivity index (χ0) is 11.4. The highest BCUT2D eigenvalue weighted by atomic mass is 35.5. The molecule has 86 valence electrons. The van der Waals surface area contributed by atoms with Crippen LogP contribution in [-0.4, -0.2) is 11.0 Å². The SMILES string of the molecule is O[C@](CCl)(c1ccccc1)[C@H]1C=CCCC1. The first kappa shape index (κ1) is 11.7. The molecule has 0 unspecified atom stereocenters. The van der Waals surface area contributed by atoms with Crippen molar-refractivity contribution >= 4 is 11.6 Å². The summed E-state index contributed by atoms with van der Waals surface area (Å²) in [6, 6.07) is 9.74. The normalized spacial score (nSPS) is 24.0. The van der Waals surface area contributed by atoms with Crippen LogP contribution in [0.5, 0.6) is 0 Å². The van der Waals surface area contributed by atoms with E-state index in [9.17, 15) is 5.11 Å².